The summed E-state index contributed by atoms with van der Waals surface area (Å²) in [6.45, 7) is 5.31. The van der Waals surface area contributed by atoms with E-state index in [2.05, 4.69) is 10.2 Å². The van der Waals surface area contributed by atoms with Crippen LogP contribution in [0, 0.1) is 11.8 Å². The van der Waals surface area contributed by atoms with Gasteiger partial charge in [0.15, 0.2) is 0 Å². The first-order chi connectivity index (χ1) is 8.43. The second kappa shape index (κ2) is 5.71. The van der Waals surface area contributed by atoms with Crippen LogP contribution in [0.3, 0.4) is 0 Å². The summed E-state index contributed by atoms with van der Waals surface area (Å²) in [5.74, 6) is 2.14. The lowest BCUT2D eigenvalue weighted by Crippen LogP contribution is -2.47. The standard InChI is InChI=1S/C15H28N2/c1-2-5-14-12-17(11-8-13(14)4-1)15-6-3-9-16-10-7-15/h13-16H,1-12H2. The van der Waals surface area contributed by atoms with Crippen molar-refractivity contribution in [2.45, 2.75) is 57.4 Å². The Kier molecular flexibility index (Phi) is 4.02. The van der Waals surface area contributed by atoms with Crippen molar-refractivity contribution in [3.8, 4) is 0 Å². The average molecular weight is 236 g/mol. The van der Waals surface area contributed by atoms with Gasteiger partial charge in [0.1, 0.15) is 0 Å². The highest BCUT2D eigenvalue weighted by atomic mass is 15.2. The number of piperidine rings is 1. The molecule has 2 nitrogen and oxygen atoms in total. The zero-order chi connectivity index (χ0) is 11.5. The Hall–Kier alpha value is -0.0800. The molecule has 0 aromatic carbocycles. The van der Waals surface area contributed by atoms with Crippen molar-refractivity contribution in [3.63, 3.8) is 0 Å². The molecule has 0 amide bonds. The third-order valence-electron chi connectivity index (χ3n) is 5.38. The van der Waals surface area contributed by atoms with Gasteiger partial charge in [-0.05, 0) is 63.6 Å². The summed E-state index contributed by atoms with van der Waals surface area (Å²) in [5, 5.41) is 3.55. The van der Waals surface area contributed by atoms with Gasteiger partial charge in [0.25, 0.3) is 0 Å². The SMILES string of the molecule is C1CCC2CN(C3CCCNCC3)CCC2C1. The van der Waals surface area contributed by atoms with E-state index < -0.39 is 0 Å². The third kappa shape index (κ3) is 2.85. The number of nitrogens with one attached hydrogen (secondary N) is 1. The summed E-state index contributed by atoms with van der Waals surface area (Å²) < 4.78 is 0. The van der Waals surface area contributed by atoms with E-state index in [-0.39, 0.29) is 0 Å². The van der Waals surface area contributed by atoms with Crippen LogP contribution in [0.1, 0.15) is 51.4 Å². The van der Waals surface area contributed by atoms with Crippen LogP contribution in [-0.2, 0) is 0 Å². The first kappa shape index (κ1) is 12.0. The van der Waals surface area contributed by atoms with Gasteiger partial charge in [-0.2, -0.15) is 0 Å². The summed E-state index contributed by atoms with van der Waals surface area (Å²) >= 11 is 0. The zero-order valence-corrected chi connectivity index (χ0v) is 11.2. The maximum atomic E-state index is 3.55. The Morgan fingerprint density at radius 2 is 1.65 bits per heavy atom. The summed E-state index contributed by atoms with van der Waals surface area (Å²) in [5.41, 5.74) is 0. The van der Waals surface area contributed by atoms with Crippen molar-refractivity contribution >= 4 is 0 Å². The fourth-order valence-corrected chi connectivity index (χ4v) is 4.33. The molecular formula is C15H28N2. The van der Waals surface area contributed by atoms with Gasteiger partial charge in [-0.15, -0.1) is 0 Å². The molecule has 2 heteroatoms. The van der Waals surface area contributed by atoms with Gasteiger partial charge in [0.2, 0.25) is 0 Å². The summed E-state index contributed by atoms with van der Waals surface area (Å²) in [7, 11) is 0. The molecule has 0 aromatic heterocycles. The summed E-state index contributed by atoms with van der Waals surface area (Å²) in [4.78, 5) is 2.85. The molecule has 0 bridgehead atoms. The molecular weight excluding hydrogens is 208 g/mol. The van der Waals surface area contributed by atoms with Crippen molar-refractivity contribution in [1.29, 1.82) is 0 Å². The predicted molar refractivity (Wildman–Crippen MR) is 72.1 cm³/mol. The Morgan fingerprint density at radius 3 is 2.59 bits per heavy atom. The van der Waals surface area contributed by atoms with Gasteiger partial charge in [0, 0.05) is 12.6 Å². The van der Waals surface area contributed by atoms with Crippen molar-refractivity contribution in [2.24, 2.45) is 11.8 Å². The predicted octanol–water partition coefficient (Wildman–Crippen LogP) is 2.64. The molecule has 0 spiro atoms. The fraction of sp³-hybridized carbons (Fsp3) is 1.00. The molecule has 3 unspecified atom stereocenters. The van der Waals surface area contributed by atoms with E-state index >= 15 is 0 Å². The molecule has 17 heavy (non-hydrogen) atoms. The molecule has 3 rings (SSSR count). The molecule has 3 fully saturated rings. The van der Waals surface area contributed by atoms with Crippen molar-refractivity contribution in [1.82, 2.24) is 10.2 Å². The normalized spacial score (nSPS) is 40.6. The lowest BCUT2D eigenvalue weighted by atomic mass is 9.74. The van der Waals surface area contributed by atoms with Gasteiger partial charge in [-0.3, -0.25) is 0 Å². The van der Waals surface area contributed by atoms with Crippen LogP contribution >= 0.6 is 0 Å². The quantitative estimate of drug-likeness (QED) is 0.753. The Bertz CT molecular complexity index is 233. The average Bonchev–Trinajstić information content (AvgIpc) is 2.67. The van der Waals surface area contributed by atoms with Crippen LogP contribution in [-0.4, -0.2) is 37.1 Å². The lowest BCUT2D eigenvalue weighted by Gasteiger charge is -2.44. The van der Waals surface area contributed by atoms with Gasteiger partial charge < -0.3 is 10.2 Å². The van der Waals surface area contributed by atoms with E-state index in [1.165, 1.54) is 77.5 Å². The van der Waals surface area contributed by atoms with Crippen LogP contribution in [0.4, 0.5) is 0 Å². The molecule has 2 saturated heterocycles. The van der Waals surface area contributed by atoms with Crippen LogP contribution < -0.4 is 5.32 Å². The highest BCUT2D eigenvalue weighted by Crippen LogP contribution is 2.37. The van der Waals surface area contributed by atoms with E-state index in [9.17, 15) is 0 Å². The molecule has 98 valence electrons. The molecule has 1 saturated carbocycles. The molecule has 2 aliphatic heterocycles. The summed E-state index contributed by atoms with van der Waals surface area (Å²) in [6, 6.07) is 0.896. The number of nitrogens with zero attached hydrogens (tertiary/aromatic N) is 1. The first-order valence-corrected chi connectivity index (χ1v) is 7.88. The van der Waals surface area contributed by atoms with Crippen LogP contribution in [0.15, 0.2) is 0 Å². The lowest BCUT2D eigenvalue weighted by molar-refractivity contribution is 0.0526. The minimum absolute atomic E-state index is 0.896. The monoisotopic (exact) mass is 236 g/mol. The third-order valence-corrected chi connectivity index (χ3v) is 5.38. The minimum Gasteiger partial charge on any atom is -0.317 e. The van der Waals surface area contributed by atoms with Gasteiger partial charge >= 0.3 is 0 Å². The minimum atomic E-state index is 0.896. The molecule has 3 aliphatic rings. The molecule has 2 heterocycles. The number of rotatable bonds is 1. The van der Waals surface area contributed by atoms with E-state index in [1.807, 2.05) is 0 Å². The number of hydrogen-bond acceptors (Lipinski definition) is 2. The second-order valence-corrected chi connectivity index (χ2v) is 6.42. The summed E-state index contributed by atoms with van der Waals surface area (Å²) in [6.07, 6.45) is 11.8. The van der Waals surface area contributed by atoms with Gasteiger partial charge in [0.05, 0.1) is 0 Å². The van der Waals surface area contributed by atoms with E-state index in [1.54, 1.807) is 0 Å². The highest BCUT2D eigenvalue weighted by Gasteiger charge is 2.33. The van der Waals surface area contributed by atoms with Gasteiger partial charge in [-0.25, -0.2) is 0 Å². The zero-order valence-electron chi connectivity index (χ0n) is 11.2. The number of fused-ring (bicyclic) bond motifs is 1. The molecule has 3 atom stereocenters. The molecule has 0 aromatic rings. The van der Waals surface area contributed by atoms with Crippen molar-refractivity contribution in [2.75, 3.05) is 26.2 Å². The smallest absolute Gasteiger partial charge is 0.0108 e. The van der Waals surface area contributed by atoms with Crippen LogP contribution in [0.2, 0.25) is 0 Å². The van der Waals surface area contributed by atoms with Crippen molar-refractivity contribution in [3.05, 3.63) is 0 Å². The Labute approximate surface area is 106 Å². The van der Waals surface area contributed by atoms with E-state index in [4.69, 9.17) is 0 Å². The fourth-order valence-electron chi connectivity index (χ4n) is 4.33. The van der Waals surface area contributed by atoms with Crippen LogP contribution in [0.5, 0.6) is 0 Å². The number of hydrogen-bond donors (Lipinski definition) is 1. The second-order valence-electron chi connectivity index (χ2n) is 6.42. The van der Waals surface area contributed by atoms with E-state index in [0.717, 1.165) is 17.9 Å². The number of likely N-dealkylation sites (tertiary alicyclic amines) is 1. The Balaban J connectivity index is 1.57. The van der Waals surface area contributed by atoms with Gasteiger partial charge in [-0.1, -0.05) is 19.3 Å². The maximum Gasteiger partial charge on any atom is 0.0108 e. The van der Waals surface area contributed by atoms with E-state index in [0.29, 0.717) is 0 Å². The Morgan fingerprint density at radius 1 is 0.765 bits per heavy atom. The molecule has 0 radical (unpaired) electrons. The maximum absolute atomic E-state index is 3.55. The topological polar surface area (TPSA) is 15.3 Å². The van der Waals surface area contributed by atoms with Crippen molar-refractivity contribution < 1.29 is 0 Å². The highest BCUT2D eigenvalue weighted by molar-refractivity contribution is 4.87. The molecule has 1 aliphatic carbocycles. The first-order valence-electron chi connectivity index (χ1n) is 7.88. The van der Waals surface area contributed by atoms with Crippen LogP contribution in [0.25, 0.3) is 0 Å². The largest absolute Gasteiger partial charge is 0.317 e. The molecule has 1 N–H and O–H groups in total.